The van der Waals surface area contributed by atoms with Gasteiger partial charge in [-0.25, -0.2) is 0 Å². The first-order valence-electron chi connectivity index (χ1n) is 8.65. The van der Waals surface area contributed by atoms with Gasteiger partial charge in [0.25, 0.3) is 5.69 Å². The van der Waals surface area contributed by atoms with Crippen molar-refractivity contribution in [3.63, 3.8) is 0 Å². The molecule has 2 aromatic rings. The smallest absolute Gasteiger partial charge is 0.305 e. The molecule has 0 radical (unpaired) electrons. The highest BCUT2D eigenvalue weighted by atomic mass is 32.2. The molecule has 30 heavy (non-hydrogen) atoms. The topological polar surface area (TPSA) is 134 Å². The summed E-state index contributed by atoms with van der Waals surface area (Å²) in [6.07, 6.45) is 1.05. The number of hydrogen-bond donors (Lipinski definition) is 2. The Bertz CT molecular complexity index is 1050. The number of thioether (sulfide) groups is 1. The molecule has 1 fully saturated rings. The van der Waals surface area contributed by atoms with Crippen molar-refractivity contribution in [2.75, 3.05) is 0 Å². The van der Waals surface area contributed by atoms with Crippen LogP contribution in [0.25, 0.3) is 0 Å². The summed E-state index contributed by atoms with van der Waals surface area (Å²) in [6.45, 7) is 1.98. The van der Waals surface area contributed by atoms with E-state index < -0.39 is 22.0 Å². The summed E-state index contributed by atoms with van der Waals surface area (Å²) in [5.74, 6) is -1.52. The second-order valence-electron chi connectivity index (χ2n) is 6.24. The molecule has 1 amide bonds. The number of amidine groups is 1. The fourth-order valence-corrected chi connectivity index (χ4v) is 4.27. The summed E-state index contributed by atoms with van der Waals surface area (Å²) in [7, 11) is 0. The van der Waals surface area contributed by atoms with Crippen LogP contribution in [0.3, 0.4) is 0 Å². The number of hydrogen-bond acceptors (Lipinski definition) is 8. The maximum atomic E-state index is 11.7. The minimum atomic E-state index is -1.08. The molecule has 1 unspecified atom stereocenters. The molecule has 1 aliphatic heterocycles. The van der Waals surface area contributed by atoms with Crippen LogP contribution in [0.4, 0.5) is 5.69 Å². The summed E-state index contributed by atoms with van der Waals surface area (Å²) in [6, 6.07) is 12.3. The lowest BCUT2D eigenvalue weighted by Gasteiger charge is -2.06. The molecule has 1 aliphatic rings. The van der Waals surface area contributed by atoms with E-state index in [4.69, 9.17) is 5.11 Å². The van der Waals surface area contributed by atoms with E-state index >= 15 is 0 Å². The lowest BCUT2D eigenvalue weighted by atomic mass is 10.2. The van der Waals surface area contributed by atoms with Gasteiger partial charge >= 0.3 is 5.97 Å². The summed E-state index contributed by atoms with van der Waals surface area (Å²) in [5.41, 5.74) is 1.54. The van der Waals surface area contributed by atoms with Gasteiger partial charge in [-0.05, 0) is 25.1 Å². The van der Waals surface area contributed by atoms with Gasteiger partial charge < -0.3 is 10.4 Å². The molecular formula is C19H16N4O5S2. The van der Waals surface area contributed by atoms with Crippen LogP contribution in [-0.2, 0) is 9.59 Å². The molecular weight excluding hydrogens is 428 g/mol. The molecule has 3 rings (SSSR count). The average molecular weight is 444 g/mol. The molecule has 0 spiro atoms. The van der Waals surface area contributed by atoms with Crippen molar-refractivity contribution in [2.45, 2.75) is 28.4 Å². The van der Waals surface area contributed by atoms with Gasteiger partial charge in [-0.15, -0.1) is 5.10 Å². The van der Waals surface area contributed by atoms with Crippen LogP contribution in [0, 0.1) is 17.0 Å². The fraction of sp³-hybridized carbons (Fsp3) is 0.158. The minimum absolute atomic E-state index is 0.0811. The lowest BCUT2D eigenvalue weighted by molar-refractivity contribution is -0.384. The monoisotopic (exact) mass is 444 g/mol. The zero-order valence-corrected chi connectivity index (χ0v) is 17.3. The predicted molar refractivity (Wildman–Crippen MR) is 115 cm³/mol. The molecule has 1 heterocycles. The maximum absolute atomic E-state index is 11.7. The number of carbonyl (C=O) groups is 2. The van der Waals surface area contributed by atoms with E-state index in [2.05, 4.69) is 15.5 Å². The number of rotatable bonds is 7. The standard InChI is InChI=1S/C19H16N4O5S2/c1-11-2-5-14(6-3-11)29-15-7-4-13(23(27)28)8-12(15)10-20-22-19-21-18(26)16(30-19)9-17(24)25/h2-8,10,16H,9H2,1H3,(H,24,25)(H,21,22,26). The Morgan fingerprint density at radius 3 is 2.73 bits per heavy atom. The van der Waals surface area contributed by atoms with Crippen molar-refractivity contribution in [1.29, 1.82) is 0 Å². The SMILES string of the molecule is Cc1ccc(Sc2ccc([N+](=O)[O-])cc2C=NN=C2NC(=O)C(CC(=O)O)S2)cc1. The molecule has 0 aliphatic carbocycles. The number of carboxylic acid groups (broad SMARTS) is 1. The van der Waals surface area contributed by atoms with E-state index in [0.717, 1.165) is 27.1 Å². The van der Waals surface area contributed by atoms with Gasteiger partial charge in [0, 0.05) is 27.5 Å². The van der Waals surface area contributed by atoms with Crippen LogP contribution in [0.1, 0.15) is 17.5 Å². The number of non-ortho nitro benzene ring substituents is 1. The number of amides is 1. The van der Waals surface area contributed by atoms with Gasteiger partial charge in [0.2, 0.25) is 5.91 Å². The number of carboxylic acids is 1. The lowest BCUT2D eigenvalue weighted by Crippen LogP contribution is -2.26. The number of carbonyl (C=O) groups excluding carboxylic acids is 1. The van der Waals surface area contributed by atoms with Gasteiger partial charge in [-0.3, -0.25) is 19.7 Å². The van der Waals surface area contributed by atoms with Gasteiger partial charge in [0.1, 0.15) is 5.25 Å². The maximum Gasteiger partial charge on any atom is 0.305 e. The Morgan fingerprint density at radius 1 is 1.33 bits per heavy atom. The van der Waals surface area contributed by atoms with Crippen molar-refractivity contribution in [2.24, 2.45) is 10.2 Å². The molecule has 0 saturated carbocycles. The Balaban J connectivity index is 1.81. The summed E-state index contributed by atoms with van der Waals surface area (Å²) in [5, 5.41) is 29.7. The highest BCUT2D eigenvalue weighted by molar-refractivity contribution is 8.15. The average Bonchev–Trinajstić information content (AvgIpc) is 3.03. The van der Waals surface area contributed by atoms with Crippen LogP contribution >= 0.6 is 23.5 Å². The number of aryl methyl sites for hydroxylation is 1. The summed E-state index contributed by atoms with van der Waals surface area (Å²) in [4.78, 5) is 34.9. The van der Waals surface area contributed by atoms with Crippen molar-refractivity contribution in [1.82, 2.24) is 5.32 Å². The largest absolute Gasteiger partial charge is 0.481 e. The third-order valence-corrected chi connectivity index (χ3v) is 6.11. The molecule has 1 saturated heterocycles. The van der Waals surface area contributed by atoms with Crippen molar-refractivity contribution in [3.05, 3.63) is 63.7 Å². The molecule has 2 N–H and O–H groups in total. The zero-order valence-electron chi connectivity index (χ0n) is 15.6. The third-order valence-electron chi connectivity index (χ3n) is 3.93. The van der Waals surface area contributed by atoms with Crippen LogP contribution in [0.15, 0.2) is 62.5 Å². The van der Waals surface area contributed by atoms with Crippen molar-refractivity contribution in [3.8, 4) is 0 Å². The highest BCUT2D eigenvalue weighted by Gasteiger charge is 2.32. The molecule has 2 aromatic carbocycles. The first-order chi connectivity index (χ1) is 14.3. The van der Waals surface area contributed by atoms with E-state index in [-0.39, 0.29) is 17.3 Å². The molecule has 0 bridgehead atoms. The third kappa shape index (κ3) is 5.67. The fourth-order valence-electron chi connectivity index (χ4n) is 2.47. The number of nitrogens with zero attached hydrogens (tertiary/aromatic N) is 3. The Labute approximate surface area is 179 Å². The molecule has 9 nitrogen and oxygen atoms in total. The number of nitro groups is 1. The van der Waals surface area contributed by atoms with E-state index in [1.54, 1.807) is 6.07 Å². The molecule has 1 atom stereocenters. The second-order valence-corrected chi connectivity index (χ2v) is 8.54. The van der Waals surface area contributed by atoms with Crippen molar-refractivity contribution >= 4 is 52.5 Å². The first kappa shape index (κ1) is 21.5. The predicted octanol–water partition coefficient (Wildman–Crippen LogP) is 3.45. The zero-order chi connectivity index (χ0) is 21.7. The summed E-state index contributed by atoms with van der Waals surface area (Å²) >= 11 is 2.41. The second kappa shape index (κ2) is 9.55. The quantitative estimate of drug-likeness (QED) is 0.379. The number of nitro benzene ring substituents is 1. The Hall–Kier alpha value is -3.18. The molecule has 0 aromatic heterocycles. The Kier molecular flexibility index (Phi) is 6.85. The van der Waals surface area contributed by atoms with Crippen molar-refractivity contribution < 1.29 is 19.6 Å². The van der Waals surface area contributed by atoms with Gasteiger partial charge in [0.05, 0.1) is 17.6 Å². The number of aliphatic carboxylic acids is 1. The first-order valence-corrected chi connectivity index (χ1v) is 10.3. The van der Waals surface area contributed by atoms with E-state index in [0.29, 0.717) is 5.56 Å². The normalized spacial score (nSPS) is 17.4. The van der Waals surface area contributed by atoms with Crippen LogP contribution in [0.2, 0.25) is 0 Å². The highest BCUT2D eigenvalue weighted by Crippen LogP contribution is 2.32. The van der Waals surface area contributed by atoms with Crippen LogP contribution in [-0.4, -0.2) is 38.5 Å². The van der Waals surface area contributed by atoms with E-state index in [1.807, 2.05) is 31.2 Å². The molecule has 154 valence electrons. The molecule has 11 heteroatoms. The van der Waals surface area contributed by atoms with Gasteiger partial charge in [-0.1, -0.05) is 41.2 Å². The van der Waals surface area contributed by atoms with Gasteiger partial charge in [-0.2, -0.15) is 5.10 Å². The van der Waals surface area contributed by atoms with Gasteiger partial charge in [0.15, 0.2) is 5.17 Å². The van der Waals surface area contributed by atoms with Crippen LogP contribution < -0.4 is 5.32 Å². The summed E-state index contributed by atoms with van der Waals surface area (Å²) < 4.78 is 0. The van der Waals surface area contributed by atoms with E-state index in [9.17, 15) is 19.7 Å². The number of nitrogens with one attached hydrogen (secondary N) is 1. The number of benzene rings is 2. The Morgan fingerprint density at radius 2 is 2.07 bits per heavy atom. The minimum Gasteiger partial charge on any atom is -0.481 e. The van der Waals surface area contributed by atoms with Crippen LogP contribution in [0.5, 0.6) is 0 Å². The van der Waals surface area contributed by atoms with E-state index in [1.165, 1.54) is 30.1 Å².